The Morgan fingerprint density at radius 3 is 1.07 bits per heavy atom. The third-order valence-corrected chi connectivity index (χ3v) is 19.7. The van der Waals surface area contributed by atoms with E-state index in [1.165, 1.54) is 32.4 Å². The molecule has 0 unspecified atom stereocenters. The highest BCUT2D eigenvalue weighted by atomic mass is 35.5. The monoisotopic (exact) mass is 1340 g/mol. The van der Waals surface area contributed by atoms with Crippen molar-refractivity contribution in [3.8, 4) is 62.9 Å². The third-order valence-electron chi connectivity index (χ3n) is 19.5. The van der Waals surface area contributed by atoms with Crippen LogP contribution in [0.1, 0.15) is 0 Å². The number of furan rings is 2. The average molecular weight is 1340 g/mol. The zero-order chi connectivity index (χ0) is 68.1. The van der Waals surface area contributed by atoms with Crippen molar-refractivity contribution >= 4 is 143 Å². The van der Waals surface area contributed by atoms with Crippen molar-refractivity contribution in [3.63, 3.8) is 0 Å². The number of benzene rings is 14. The van der Waals surface area contributed by atoms with Gasteiger partial charge in [-0.25, -0.2) is 9.97 Å². The Balaban J connectivity index is 0.000000116. The van der Waals surface area contributed by atoms with Crippen molar-refractivity contribution in [3.05, 3.63) is 333 Å². The van der Waals surface area contributed by atoms with E-state index in [0.29, 0.717) is 29.2 Å². The highest BCUT2D eigenvalue weighted by Crippen LogP contribution is 2.51. The number of hydrogen-bond acceptors (Lipinski definition) is 8. The number of halogens is 1. The summed E-state index contributed by atoms with van der Waals surface area (Å²) in [6.07, 6.45) is 0. The molecule has 22 aromatic rings. The van der Waals surface area contributed by atoms with Crippen molar-refractivity contribution < 1.29 is 8.83 Å². The minimum atomic E-state index is 0.202. The summed E-state index contributed by atoms with van der Waals surface area (Å²) in [5.74, 6) is 2.95. The minimum Gasteiger partial charge on any atom is -0.454 e. The van der Waals surface area contributed by atoms with Crippen LogP contribution in [0.3, 0.4) is 0 Å². The van der Waals surface area contributed by atoms with Gasteiger partial charge >= 0.3 is 0 Å². The topological polar surface area (TPSA) is 134 Å². The number of rotatable bonds is 7. The summed E-state index contributed by atoms with van der Waals surface area (Å²) in [5, 5.41) is 13.9. The zero-order valence-electron chi connectivity index (χ0n) is 54.9. The van der Waals surface area contributed by atoms with Crippen LogP contribution in [0.4, 0.5) is 0 Å². The molecule has 0 aliphatic heterocycles. The first kappa shape index (κ1) is 59.3. The SMILES string of the molecule is Clc1nc(-c2ccccc2)nc(-c2ccccc2)n1.c1ccc(-c2nc(-c3ccccc3)nc(-n3c4ccccc4c4c5c6ccccc6oc5c5c(c6ccccc6n5-c5ccccc5)c43)n2)cc1.c1ccc(-n2c3ccccc3c3c4[nH]c5ccccc5c4c4c5ccccc5oc4c32)cc1. The minimum absolute atomic E-state index is 0.202. The first-order valence-electron chi connectivity index (χ1n) is 34.1. The van der Waals surface area contributed by atoms with Gasteiger partial charge in [0.25, 0.3) is 0 Å². The summed E-state index contributed by atoms with van der Waals surface area (Å²) >= 11 is 5.99. The zero-order valence-corrected chi connectivity index (χ0v) is 55.7. The number of H-pyrrole nitrogens is 1. The molecule has 0 aliphatic carbocycles. The van der Waals surface area contributed by atoms with E-state index in [1.807, 2.05) is 133 Å². The number of aromatic nitrogens is 10. The Kier molecular flexibility index (Phi) is 14.0. The molecule has 0 spiro atoms. The van der Waals surface area contributed by atoms with Crippen LogP contribution in [0.15, 0.2) is 336 Å². The van der Waals surface area contributed by atoms with Crippen LogP contribution in [-0.4, -0.2) is 48.6 Å². The van der Waals surface area contributed by atoms with Gasteiger partial charge in [0, 0.05) is 104 Å². The van der Waals surface area contributed by atoms with Gasteiger partial charge in [-0.15, -0.1) is 0 Å². The Morgan fingerprint density at radius 1 is 0.262 bits per heavy atom. The summed E-state index contributed by atoms with van der Waals surface area (Å²) in [5.41, 5.74) is 18.1. The van der Waals surface area contributed by atoms with Crippen LogP contribution in [0.5, 0.6) is 0 Å². The van der Waals surface area contributed by atoms with Crippen molar-refractivity contribution in [1.29, 1.82) is 0 Å². The maximum Gasteiger partial charge on any atom is 0.238 e. The molecule has 484 valence electrons. The third kappa shape index (κ3) is 9.68. The lowest BCUT2D eigenvalue weighted by Gasteiger charge is -2.12. The van der Waals surface area contributed by atoms with Gasteiger partial charge < -0.3 is 23.0 Å². The van der Waals surface area contributed by atoms with E-state index in [4.69, 9.17) is 35.4 Å². The Labute approximate surface area is 592 Å². The molecule has 0 saturated carbocycles. The number of fused-ring (bicyclic) bond motifs is 24. The Morgan fingerprint density at radius 2 is 0.602 bits per heavy atom. The van der Waals surface area contributed by atoms with Gasteiger partial charge in [0.1, 0.15) is 11.2 Å². The first-order valence-corrected chi connectivity index (χ1v) is 34.5. The number of nitrogens with one attached hydrogen (secondary N) is 1. The van der Waals surface area contributed by atoms with Crippen LogP contribution in [0.2, 0.25) is 5.28 Å². The van der Waals surface area contributed by atoms with Crippen LogP contribution in [0.25, 0.3) is 194 Å². The van der Waals surface area contributed by atoms with E-state index in [2.05, 4.69) is 228 Å². The fraction of sp³-hybridized carbons (Fsp3) is 0. The molecule has 0 saturated heterocycles. The van der Waals surface area contributed by atoms with Crippen LogP contribution in [0, 0.1) is 0 Å². The van der Waals surface area contributed by atoms with E-state index in [1.54, 1.807) is 0 Å². The Hall–Kier alpha value is -13.8. The van der Waals surface area contributed by atoms with E-state index < -0.39 is 0 Å². The quantitative estimate of drug-likeness (QED) is 0.167. The number of para-hydroxylation sites is 8. The lowest BCUT2D eigenvalue weighted by molar-refractivity contribution is 0.671. The summed E-state index contributed by atoms with van der Waals surface area (Å²) in [7, 11) is 0. The fourth-order valence-electron chi connectivity index (χ4n) is 15.2. The lowest BCUT2D eigenvalue weighted by Crippen LogP contribution is -2.06. The molecule has 0 atom stereocenters. The predicted molar refractivity (Wildman–Crippen MR) is 420 cm³/mol. The van der Waals surface area contributed by atoms with Crippen molar-refractivity contribution in [2.75, 3.05) is 0 Å². The Bertz CT molecular complexity index is 6930. The molecule has 13 heteroatoms. The second kappa shape index (κ2) is 24.3. The van der Waals surface area contributed by atoms with Gasteiger partial charge in [0.15, 0.2) is 34.5 Å². The number of aromatic amines is 1. The van der Waals surface area contributed by atoms with Gasteiger partial charge in [-0.1, -0.05) is 267 Å². The molecule has 8 heterocycles. The van der Waals surface area contributed by atoms with Crippen LogP contribution >= 0.6 is 11.6 Å². The van der Waals surface area contributed by atoms with E-state index in [9.17, 15) is 0 Å². The highest BCUT2D eigenvalue weighted by molar-refractivity contribution is 6.41. The maximum atomic E-state index is 6.91. The standard InChI is InChI=1S/C45H27N5O.C30H18N2O.C15H10ClN3/c1-4-16-28(17-5-1)43-46-44(29-18-6-2-7-19-29)48-45(47-43)50-35-26-14-10-22-31(35)37-38-33-24-12-15-27-36(33)51-42(38)41-39(40(37)50)32-23-11-13-25-34(32)49(41)30-20-8-3-9-21-30;1-2-10-18(11-3-1)32-23-16-8-5-13-20(23)27-28-25(19-12-4-7-15-22(19)31-28)26-21-14-6-9-17-24(21)33-30(26)29(27)32;16-15-18-13(11-7-3-1-4-8-11)17-14(19-15)12-9-5-2-6-10-12/h1-27H;1-17,31H;1-10H. The first-order chi connectivity index (χ1) is 51.1. The van der Waals surface area contributed by atoms with E-state index >= 15 is 0 Å². The lowest BCUT2D eigenvalue weighted by atomic mass is 10.0. The summed E-state index contributed by atoms with van der Waals surface area (Å²) < 4.78 is 20.5. The molecular weight excluding hydrogens is 1290 g/mol. The smallest absolute Gasteiger partial charge is 0.238 e. The molecular formula is C90H55ClN10O2. The molecule has 14 aromatic carbocycles. The summed E-state index contributed by atoms with van der Waals surface area (Å²) in [6.45, 7) is 0. The summed E-state index contributed by atoms with van der Waals surface area (Å²) in [6, 6.07) is 112. The van der Waals surface area contributed by atoms with Gasteiger partial charge in [0.05, 0.1) is 38.6 Å². The molecule has 0 radical (unpaired) electrons. The fourth-order valence-corrected chi connectivity index (χ4v) is 15.4. The summed E-state index contributed by atoms with van der Waals surface area (Å²) in [4.78, 5) is 32.1. The molecule has 0 fully saturated rings. The highest BCUT2D eigenvalue weighted by Gasteiger charge is 2.30. The van der Waals surface area contributed by atoms with E-state index in [-0.39, 0.29) is 5.28 Å². The van der Waals surface area contributed by atoms with Gasteiger partial charge in [-0.05, 0) is 72.3 Å². The number of nitrogens with zero attached hydrogens (tertiary/aromatic N) is 9. The van der Waals surface area contributed by atoms with Crippen molar-refractivity contribution in [1.82, 2.24) is 48.6 Å². The molecule has 8 aromatic heterocycles. The average Bonchev–Trinajstić information content (AvgIpc) is 1.52. The van der Waals surface area contributed by atoms with Gasteiger partial charge in [0.2, 0.25) is 11.2 Å². The predicted octanol–water partition coefficient (Wildman–Crippen LogP) is 23.5. The number of hydrogen-bond donors (Lipinski definition) is 1. The van der Waals surface area contributed by atoms with Gasteiger partial charge in [-0.3, -0.25) is 4.57 Å². The molecule has 103 heavy (non-hydrogen) atoms. The van der Waals surface area contributed by atoms with Crippen molar-refractivity contribution in [2.24, 2.45) is 0 Å². The van der Waals surface area contributed by atoms with Crippen LogP contribution in [-0.2, 0) is 0 Å². The largest absolute Gasteiger partial charge is 0.454 e. The maximum absolute atomic E-state index is 6.91. The molecule has 0 amide bonds. The molecule has 12 nitrogen and oxygen atoms in total. The normalized spacial score (nSPS) is 11.7. The van der Waals surface area contributed by atoms with Crippen LogP contribution < -0.4 is 0 Å². The van der Waals surface area contributed by atoms with E-state index in [0.717, 1.165) is 132 Å². The molecule has 0 bridgehead atoms. The molecule has 22 rings (SSSR count). The second-order valence-corrected chi connectivity index (χ2v) is 25.8. The molecule has 1 N–H and O–H groups in total. The van der Waals surface area contributed by atoms with Gasteiger partial charge in [-0.2, -0.15) is 19.9 Å². The second-order valence-electron chi connectivity index (χ2n) is 25.4. The van der Waals surface area contributed by atoms with Crippen molar-refractivity contribution in [2.45, 2.75) is 0 Å². The molecule has 0 aliphatic rings.